The van der Waals surface area contributed by atoms with Crippen molar-refractivity contribution in [3.05, 3.63) is 59.5 Å². The molecule has 0 fully saturated rings. The first-order valence-electron chi connectivity index (χ1n) is 7.97. The number of carbonyl (C=O) groups is 2. The van der Waals surface area contributed by atoms with Crippen LogP contribution in [-0.2, 0) is 25.1 Å². The fourth-order valence-corrected chi connectivity index (χ4v) is 3.25. The van der Waals surface area contributed by atoms with E-state index in [0.717, 1.165) is 0 Å². The minimum atomic E-state index is -3.51. The van der Waals surface area contributed by atoms with Gasteiger partial charge < -0.3 is 14.5 Å². The first-order valence-corrected chi connectivity index (χ1v) is 9.79. The first-order chi connectivity index (χ1) is 12.8. The fraction of sp³-hybridized carbons (Fsp3) is 0.278. The van der Waals surface area contributed by atoms with Crippen LogP contribution in [0.4, 0.5) is 0 Å². The molecule has 2 rings (SSSR count). The van der Waals surface area contributed by atoms with E-state index in [1.807, 2.05) is 0 Å². The van der Waals surface area contributed by atoms with Crippen molar-refractivity contribution in [2.45, 2.75) is 18.7 Å². The fourth-order valence-electron chi connectivity index (χ4n) is 2.25. The monoisotopic (exact) mass is 390 g/mol. The standard InChI is InChI=1S/C18H18N2O6S/c1-13(16-3-2-9-25-16)20-17(21)11-26-18(22)15-6-4-14(5-7-15)12-27(23,24)10-8-19/h2-7,9,13H,10-12H2,1H3,(H,20,21)/t13-/m0/s1. The largest absolute Gasteiger partial charge is 0.467 e. The van der Waals surface area contributed by atoms with Crippen molar-refractivity contribution in [3.63, 3.8) is 0 Å². The molecule has 1 aromatic heterocycles. The average Bonchev–Trinajstić information content (AvgIpc) is 3.14. The van der Waals surface area contributed by atoms with Crippen LogP contribution >= 0.6 is 0 Å². The van der Waals surface area contributed by atoms with Crippen LogP contribution < -0.4 is 5.32 Å². The summed E-state index contributed by atoms with van der Waals surface area (Å²) in [6.45, 7) is 1.28. The van der Waals surface area contributed by atoms with Gasteiger partial charge in [0.2, 0.25) is 0 Å². The van der Waals surface area contributed by atoms with E-state index >= 15 is 0 Å². The smallest absolute Gasteiger partial charge is 0.338 e. The molecule has 0 aliphatic heterocycles. The lowest BCUT2D eigenvalue weighted by atomic mass is 10.1. The van der Waals surface area contributed by atoms with Crippen LogP contribution in [0.2, 0.25) is 0 Å². The van der Waals surface area contributed by atoms with Crippen LogP contribution in [-0.4, -0.2) is 32.7 Å². The van der Waals surface area contributed by atoms with Crippen LogP contribution in [0.15, 0.2) is 47.1 Å². The zero-order chi connectivity index (χ0) is 19.9. The number of ether oxygens (including phenoxy) is 1. The molecule has 2 aromatic rings. The molecular formula is C18H18N2O6S. The van der Waals surface area contributed by atoms with E-state index in [0.29, 0.717) is 11.3 Å². The Labute approximate surface area is 156 Å². The SMILES string of the molecule is C[C@H](NC(=O)COC(=O)c1ccc(CS(=O)(=O)CC#N)cc1)c1ccco1. The highest BCUT2D eigenvalue weighted by Gasteiger charge is 2.15. The topological polar surface area (TPSA) is 126 Å². The summed E-state index contributed by atoms with van der Waals surface area (Å²) in [5.41, 5.74) is 0.634. The van der Waals surface area contributed by atoms with Gasteiger partial charge in [0.15, 0.2) is 16.4 Å². The molecule has 1 atom stereocenters. The lowest BCUT2D eigenvalue weighted by Gasteiger charge is -2.11. The number of rotatable bonds is 8. The van der Waals surface area contributed by atoms with E-state index in [9.17, 15) is 18.0 Å². The van der Waals surface area contributed by atoms with E-state index in [4.69, 9.17) is 14.4 Å². The van der Waals surface area contributed by atoms with Crippen molar-refractivity contribution in [1.29, 1.82) is 5.26 Å². The van der Waals surface area contributed by atoms with Gasteiger partial charge in [-0.2, -0.15) is 5.26 Å². The van der Waals surface area contributed by atoms with Crippen molar-refractivity contribution in [3.8, 4) is 6.07 Å². The number of nitrogens with zero attached hydrogens (tertiary/aromatic N) is 1. The molecule has 1 N–H and O–H groups in total. The van der Waals surface area contributed by atoms with Gasteiger partial charge in [0.05, 0.1) is 29.7 Å². The molecule has 0 aliphatic rings. The molecule has 142 valence electrons. The summed E-state index contributed by atoms with van der Waals surface area (Å²) >= 11 is 0. The molecule has 0 unspecified atom stereocenters. The van der Waals surface area contributed by atoms with Crippen molar-refractivity contribution in [2.75, 3.05) is 12.4 Å². The maximum atomic E-state index is 12.0. The second-order valence-electron chi connectivity index (χ2n) is 5.77. The molecular weight excluding hydrogens is 372 g/mol. The molecule has 9 heteroatoms. The van der Waals surface area contributed by atoms with E-state index in [2.05, 4.69) is 5.32 Å². The van der Waals surface area contributed by atoms with Crippen molar-refractivity contribution >= 4 is 21.7 Å². The van der Waals surface area contributed by atoms with Gasteiger partial charge in [-0.3, -0.25) is 4.79 Å². The number of amides is 1. The Morgan fingerprint density at radius 3 is 2.56 bits per heavy atom. The van der Waals surface area contributed by atoms with Gasteiger partial charge in [-0.1, -0.05) is 12.1 Å². The third kappa shape index (κ3) is 6.27. The number of nitrogens with one attached hydrogen (secondary N) is 1. The zero-order valence-electron chi connectivity index (χ0n) is 14.5. The van der Waals surface area contributed by atoms with Crippen molar-refractivity contribution < 1.29 is 27.2 Å². The van der Waals surface area contributed by atoms with E-state index in [-0.39, 0.29) is 17.4 Å². The molecule has 1 heterocycles. The summed E-state index contributed by atoms with van der Waals surface area (Å²) in [5.74, 6) is -1.46. The van der Waals surface area contributed by atoms with Gasteiger partial charge in [-0.05, 0) is 36.8 Å². The Kier molecular flexibility index (Phi) is 6.73. The highest BCUT2D eigenvalue weighted by atomic mass is 32.2. The van der Waals surface area contributed by atoms with E-state index < -0.39 is 34.1 Å². The molecule has 0 saturated carbocycles. The Balaban J connectivity index is 1.85. The number of nitriles is 1. The van der Waals surface area contributed by atoms with Crippen LogP contribution in [0.25, 0.3) is 0 Å². The number of hydrogen-bond acceptors (Lipinski definition) is 7. The highest BCUT2D eigenvalue weighted by Crippen LogP contribution is 2.12. The van der Waals surface area contributed by atoms with E-state index in [1.54, 1.807) is 25.1 Å². The molecule has 0 aliphatic carbocycles. The predicted octanol–water partition coefficient (Wildman–Crippen LogP) is 1.75. The summed E-state index contributed by atoms with van der Waals surface area (Å²) in [6, 6.07) is 10.4. The summed E-state index contributed by atoms with van der Waals surface area (Å²) in [4.78, 5) is 23.8. The van der Waals surface area contributed by atoms with Gasteiger partial charge in [0.1, 0.15) is 11.5 Å². The quantitative estimate of drug-likeness (QED) is 0.680. The minimum Gasteiger partial charge on any atom is -0.467 e. The van der Waals surface area contributed by atoms with E-state index in [1.165, 1.54) is 30.5 Å². The second kappa shape index (κ2) is 9.00. The van der Waals surface area contributed by atoms with Gasteiger partial charge in [-0.25, -0.2) is 13.2 Å². The molecule has 8 nitrogen and oxygen atoms in total. The maximum Gasteiger partial charge on any atom is 0.338 e. The Morgan fingerprint density at radius 2 is 1.96 bits per heavy atom. The number of furan rings is 1. The van der Waals surface area contributed by atoms with Crippen LogP contribution in [0.5, 0.6) is 0 Å². The minimum absolute atomic E-state index is 0.184. The summed E-state index contributed by atoms with van der Waals surface area (Å²) in [7, 11) is -3.51. The molecule has 0 saturated heterocycles. The molecule has 0 bridgehead atoms. The van der Waals surface area contributed by atoms with Crippen LogP contribution in [0, 0.1) is 11.3 Å². The van der Waals surface area contributed by atoms with Gasteiger partial charge in [0, 0.05) is 0 Å². The maximum absolute atomic E-state index is 12.0. The third-order valence-corrected chi connectivity index (χ3v) is 4.88. The Morgan fingerprint density at radius 1 is 1.26 bits per heavy atom. The molecule has 0 spiro atoms. The number of esters is 1. The number of hydrogen-bond donors (Lipinski definition) is 1. The second-order valence-corrected chi connectivity index (χ2v) is 7.83. The molecule has 27 heavy (non-hydrogen) atoms. The predicted molar refractivity (Wildman–Crippen MR) is 95.1 cm³/mol. The summed E-state index contributed by atoms with van der Waals surface area (Å²) in [5, 5.41) is 11.1. The Bertz CT molecular complexity index is 927. The lowest BCUT2D eigenvalue weighted by Crippen LogP contribution is -2.30. The summed E-state index contributed by atoms with van der Waals surface area (Å²) < 4.78 is 33.3. The van der Waals surface area contributed by atoms with Crippen LogP contribution in [0.3, 0.4) is 0 Å². The number of sulfone groups is 1. The number of benzene rings is 1. The summed E-state index contributed by atoms with van der Waals surface area (Å²) in [6.07, 6.45) is 1.49. The lowest BCUT2D eigenvalue weighted by molar-refractivity contribution is -0.125. The average molecular weight is 390 g/mol. The van der Waals surface area contributed by atoms with Crippen LogP contribution in [0.1, 0.15) is 34.6 Å². The normalized spacial score (nSPS) is 12.0. The number of carbonyl (C=O) groups excluding carboxylic acids is 2. The molecule has 1 aromatic carbocycles. The third-order valence-electron chi connectivity index (χ3n) is 3.54. The zero-order valence-corrected chi connectivity index (χ0v) is 15.4. The molecule has 1 amide bonds. The highest BCUT2D eigenvalue weighted by molar-refractivity contribution is 7.90. The Hall–Kier alpha value is -3.12. The van der Waals surface area contributed by atoms with Gasteiger partial charge in [0.25, 0.3) is 5.91 Å². The van der Waals surface area contributed by atoms with Gasteiger partial charge in [-0.15, -0.1) is 0 Å². The van der Waals surface area contributed by atoms with Crippen molar-refractivity contribution in [2.24, 2.45) is 0 Å². The van der Waals surface area contributed by atoms with Crippen molar-refractivity contribution in [1.82, 2.24) is 5.32 Å². The first kappa shape index (κ1) is 20.2. The molecule has 0 radical (unpaired) electrons. The van der Waals surface area contributed by atoms with Gasteiger partial charge >= 0.3 is 5.97 Å².